The van der Waals surface area contributed by atoms with E-state index in [0.29, 0.717) is 54.2 Å². The normalized spacial score (nSPS) is 15.7. The Hall–Kier alpha value is -5.25. The third kappa shape index (κ3) is 7.77. The van der Waals surface area contributed by atoms with Crippen LogP contribution in [0.3, 0.4) is 0 Å². The first-order valence-corrected chi connectivity index (χ1v) is 16.1. The first-order chi connectivity index (χ1) is 22.6. The largest absolute Gasteiger partial charge is 0.444 e. The maximum absolute atomic E-state index is 13.8. The Morgan fingerprint density at radius 3 is 2.55 bits per heavy atom. The second kappa shape index (κ2) is 13.6. The SMILES string of the molecule is CC(C)(C)OC(=O)N1CCCC(CNC(=O)C(Cc2ccccc2)NC(=O)c2cccc3[nH]c(-c4cc5ccccc5cn4)nc23)C1. The van der Waals surface area contributed by atoms with E-state index in [4.69, 9.17) is 9.72 Å². The van der Waals surface area contributed by atoms with Crippen LogP contribution in [-0.2, 0) is 16.0 Å². The maximum atomic E-state index is 13.8. The summed E-state index contributed by atoms with van der Waals surface area (Å²) in [6.07, 6.45) is 3.49. The minimum Gasteiger partial charge on any atom is -0.444 e. The van der Waals surface area contributed by atoms with E-state index in [9.17, 15) is 14.4 Å². The molecule has 0 aliphatic carbocycles. The number of nitrogens with one attached hydrogen (secondary N) is 3. The van der Waals surface area contributed by atoms with Gasteiger partial charge in [-0.05, 0) is 68.7 Å². The summed E-state index contributed by atoms with van der Waals surface area (Å²) in [5.74, 6) is -0.0532. The topological polar surface area (TPSA) is 129 Å². The molecule has 3 aromatic carbocycles. The molecule has 10 nitrogen and oxygen atoms in total. The molecule has 1 fully saturated rings. The molecule has 1 aliphatic heterocycles. The summed E-state index contributed by atoms with van der Waals surface area (Å²) in [5, 5.41) is 8.10. The Balaban J connectivity index is 1.18. The average Bonchev–Trinajstić information content (AvgIpc) is 3.51. The molecule has 10 heteroatoms. The van der Waals surface area contributed by atoms with Crippen LogP contribution in [0.5, 0.6) is 0 Å². The number of imidazole rings is 1. The third-order valence-corrected chi connectivity index (χ3v) is 8.27. The van der Waals surface area contributed by atoms with E-state index in [-0.39, 0.29) is 17.9 Å². The number of nitrogens with zero attached hydrogens (tertiary/aromatic N) is 3. The summed E-state index contributed by atoms with van der Waals surface area (Å²) >= 11 is 0. The molecule has 1 saturated heterocycles. The predicted molar refractivity (Wildman–Crippen MR) is 182 cm³/mol. The van der Waals surface area contributed by atoms with Crippen molar-refractivity contribution in [3.05, 3.63) is 96.2 Å². The van der Waals surface area contributed by atoms with Crippen LogP contribution < -0.4 is 10.6 Å². The van der Waals surface area contributed by atoms with Gasteiger partial charge in [0.2, 0.25) is 5.91 Å². The number of pyridine rings is 1. The van der Waals surface area contributed by atoms with E-state index >= 15 is 0 Å². The molecule has 47 heavy (non-hydrogen) atoms. The van der Waals surface area contributed by atoms with Crippen molar-refractivity contribution < 1.29 is 19.1 Å². The summed E-state index contributed by atoms with van der Waals surface area (Å²) in [6, 6.07) is 24.1. The molecule has 2 aromatic heterocycles. The number of para-hydroxylation sites is 1. The molecule has 0 bridgehead atoms. The van der Waals surface area contributed by atoms with Gasteiger partial charge < -0.3 is 25.3 Å². The first-order valence-electron chi connectivity index (χ1n) is 16.1. The van der Waals surface area contributed by atoms with Crippen molar-refractivity contribution in [1.29, 1.82) is 0 Å². The van der Waals surface area contributed by atoms with E-state index in [1.165, 1.54) is 0 Å². The van der Waals surface area contributed by atoms with Crippen LogP contribution in [0.2, 0.25) is 0 Å². The summed E-state index contributed by atoms with van der Waals surface area (Å²) < 4.78 is 5.56. The van der Waals surface area contributed by atoms with E-state index in [1.807, 2.05) is 87.5 Å². The number of aromatic nitrogens is 3. The number of rotatable bonds is 8. The predicted octanol–water partition coefficient (Wildman–Crippen LogP) is 5.88. The minimum atomic E-state index is -0.828. The molecular formula is C37H40N6O4. The highest BCUT2D eigenvalue weighted by Crippen LogP contribution is 2.25. The standard InChI is InChI=1S/C37H40N6O4/c1-37(2,3)47-36(46)43-18-10-13-25(23-43)21-39-35(45)31(19-24-11-5-4-6-12-24)41-34(44)28-16-9-17-29-32(28)42-33(40-29)30-20-26-14-7-8-15-27(26)22-38-30/h4-9,11-12,14-17,20,22,25,31H,10,13,18-19,21,23H2,1-3H3,(H,39,45)(H,40,42)(H,41,44). The third-order valence-electron chi connectivity index (χ3n) is 8.27. The summed E-state index contributed by atoms with van der Waals surface area (Å²) in [6.45, 7) is 7.06. The molecule has 3 heterocycles. The maximum Gasteiger partial charge on any atom is 0.410 e. The van der Waals surface area contributed by atoms with Crippen molar-refractivity contribution >= 4 is 39.7 Å². The number of carbonyl (C=O) groups is 3. The van der Waals surface area contributed by atoms with Gasteiger partial charge in [0.15, 0.2) is 5.82 Å². The van der Waals surface area contributed by atoms with Crippen LogP contribution >= 0.6 is 0 Å². The van der Waals surface area contributed by atoms with Gasteiger partial charge in [0.1, 0.15) is 22.9 Å². The molecule has 242 valence electrons. The molecule has 2 atom stereocenters. The molecule has 0 radical (unpaired) electrons. The van der Waals surface area contributed by atoms with Crippen molar-refractivity contribution in [2.75, 3.05) is 19.6 Å². The fourth-order valence-corrected chi connectivity index (χ4v) is 5.94. The Labute approximate surface area is 273 Å². The van der Waals surface area contributed by atoms with Crippen LogP contribution in [-0.4, -0.2) is 69.0 Å². The van der Waals surface area contributed by atoms with E-state index in [1.54, 1.807) is 23.2 Å². The van der Waals surface area contributed by atoms with Crippen molar-refractivity contribution in [2.45, 2.75) is 51.7 Å². The number of hydrogen-bond acceptors (Lipinski definition) is 6. The molecule has 3 amide bonds. The van der Waals surface area contributed by atoms with Gasteiger partial charge in [0.25, 0.3) is 5.91 Å². The Morgan fingerprint density at radius 2 is 1.77 bits per heavy atom. The number of benzene rings is 3. The Bertz CT molecular complexity index is 1900. The van der Waals surface area contributed by atoms with E-state index in [0.717, 1.165) is 29.2 Å². The zero-order valence-corrected chi connectivity index (χ0v) is 27.0. The fraction of sp³-hybridized carbons (Fsp3) is 0.324. The first kappa shape index (κ1) is 31.7. The van der Waals surface area contributed by atoms with Gasteiger partial charge in [-0.15, -0.1) is 0 Å². The number of amides is 3. The number of hydrogen-bond donors (Lipinski definition) is 3. The molecule has 0 saturated carbocycles. The van der Waals surface area contributed by atoms with Crippen molar-refractivity contribution in [3.63, 3.8) is 0 Å². The molecule has 3 N–H and O–H groups in total. The molecule has 1 aliphatic rings. The summed E-state index contributed by atoms with van der Waals surface area (Å²) in [4.78, 5) is 54.5. The smallest absolute Gasteiger partial charge is 0.410 e. The van der Waals surface area contributed by atoms with Gasteiger partial charge in [0.05, 0.1) is 11.1 Å². The lowest BCUT2D eigenvalue weighted by Gasteiger charge is -2.34. The van der Waals surface area contributed by atoms with Crippen molar-refractivity contribution in [3.8, 4) is 11.5 Å². The Morgan fingerprint density at radius 1 is 1.00 bits per heavy atom. The lowest BCUT2D eigenvalue weighted by atomic mass is 9.98. The van der Waals surface area contributed by atoms with E-state index in [2.05, 4.69) is 20.6 Å². The highest BCUT2D eigenvalue weighted by Gasteiger charge is 2.29. The second-order valence-corrected chi connectivity index (χ2v) is 13.1. The van der Waals surface area contributed by atoms with Gasteiger partial charge in [-0.1, -0.05) is 60.7 Å². The van der Waals surface area contributed by atoms with Crippen LogP contribution in [0.25, 0.3) is 33.3 Å². The average molecular weight is 633 g/mol. The lowest BCUT2D eigenvalue weighted by molar-refractivity contribution is -0.123. The summed E-state index contributed by atoms with van der Waals surface area (Å²) in [7, 11) is 0. The lowest BCUT2D eigenvalue weighted by Crippen LogP contribution is -2.50. The minimum absolute atomic E-state index is 0.0771. The highest BCUT2D eigenvalue weighted by atomic mass is 16.6. The number of aromatic amines is 1. The van der Waals surface area contributed by atoms with E-state index < -0.39 is 17.6 Å². The summed E-state index contributed by atoms with van der Waals surface area (Å²) in [5.41, 5.74) is 2.56. The number of carbonyl (C=O) groups excluding carboxylic acids is 3. The zero-order chi connectivity index (χ0) is 33.0. The van der Waals surface area contributed by atoms with Gasteiger partial charge >= 0.3 is 6.09 Å². The van der Waals surface area contributed by atoms with Gasteiger partial charge in [-0.25, -0.2) is 9.78 Å². The molecule has 5 aromatic rings. The molecule has 0 spiro atoms. The zero-order valence-electron chi connectivity index (χ0n) is 27.0. The number of H-pyrrole nitrogens is 1. The molecule has 6 rings (SSSR count). The van der Waals surface area contributed by atoms with Crippen LogP contribution in [0, 0.1) is 5.92 Å². The van der Waals surface area contributed by atoms with Crippen LogP contribution in [0.1, 0.15) is 49.5 Å². The van der Waals surface area contributed by atoms with Gasteiger partial charge in [-0.2, -0.15) is 0 Å². The number of piperidine rings is 1. The highest BCUT2D eigenvalue weighted by molar-refractivity contribution is 6.06. The van der Waals surface area contributed by atoms with Gasteiger partial charge in [-0.3, -0.25) is 14.6 Å². The quantitative estimate of drug-likeness (QED) is 0.196. The fourth-order valence-electron chi connectivity index (χ4n) is 5.94. The number of ether oxygens (including phenoxy) is 1. The molecular weight excluding hydrogens is 592 g/mol. The van der Waals surface area contributed by atoms with Crippen molar-refractivity contribution in [2.24, 2.45) is 5.92 Å². The monoisotopic (exact) mass is 632 g/mol. The number of fused-ring (bicyclic) bond motifs is 2. The Kier molecular flexibility index (Phi) is 9.19. The van der Waals surface area contributed by atoms with Crippen LogP contribution in [0.15, 0.2) is 85.1 Å². The van der Waals surface area contributed by atoms with Crippen molar-refractivity contribution in [1.82, 2.24) is 30.5 Å². The van der Waals surface area contributed by atoms with Crippen LogP contribution in [0.4, 0.5) is 4.79 Å². The van der Waals surface area contributed by atoms with Gasteiger partial charge in [0, 0.05) is 37.6 Å². The molecule has 2 unspecified atom stereocenters. The second-order valence-electron chi connectivity index (χ2n) is 13.1. The number of likely N-dealkylation sites (tertiary alicyclic amines) is 1.